The van der Waals surface area contributed by atoms with Gasteiger partial charge in [-0.1, -0.05) is 6.07 Å². The molecule has 0 spiro atoms. The monoisotopic (exact) mass is 273 g/mol. The molecule has 20 heavy (non-hydrogen) atoms. The smallest absolute Gasteiger partial charge is 0.399 e. The zero-order valence-electron chi connectivity index (χ0n) is 12.1. The Labute approximate surface area is 118 Å². The van der Waals surface area contributed by atoms with Gasteiger partial charge in [-0.25, -0.2) is 4.39 Å². The van der Waals surface area contributed by atoms with Gasteiger partial charge in [0.15, 0.2) is 0 Å². The third-order valence-corrected chi connectivity index (χ3v) is 4.31. The van der Waals surface area contributed by atoms with Crippen LogP contribution in [0.3, 0.4) is 0 Å². The van der Waals surface area contributed by atoms with Gasteiger partial charge in [0.2, 0.25) is 0 Å². The third kappa shape index (κ3) is 1.93. The standard InChI is InChI=1S/C15H17BFNO2/c1-14(2)15(3,4)20-16(19-14)12-5-6-13(17)11-9-18-8-7-10(11)12/h5-9H,1-4H3. The molecule has 0 saturated carbocycles. The van der Waals surface area contributed by atoms with Crippen LogP contribution >= 0.6 is 0 Å². The number of rotatable bonds is 1. The summed E-state index contributed by atoms with van der Waals surface area (Å²) in [6.45, 7) is 8.00. The molecule has 3 nitrogen and oxygen atoms in total. The normalized spacial score (nSPS) is 20.6. The first kappa shape index (κ1) is 13.5. The number of hydrogen-bond donors (Lipinski definition) is 0. The van der Waals surface area contributed by atoms with Gasteiger partial charge in [-0.15, -0.1) is 0 Å². The van der Waals surface area contributed by atoms with E-state index >= 15 is 0 Å². The molecule has 1 aliphatic heterocycles. The van der Waals surface area contributed by atoms with Crippen LogP contribution in [-0.4, -0.2) is 23.3 Å². The second-order valence-electron chi connectivity index (χ2n) is 6.15. The molecular weight excluding hydrogens is 256 g/mol. The van der Waals surface area contributed by atoms with Crippen molar-refractivity contribution < 1.29 is 13.7 Å². The molecule has 0 atom stereocenters. The topological polar surface area (TPSA) is 31.4 Å². The van der Waals surface area contributed by atoms with Crippen LogP contribution in [0, 0.1) is 5.82 Å². The van der Waals surface area contributed by atoms with Crippen molar-refractivity contribution >= 4 is 23.4 Å². The van der Waals surface area contributed by atoms with Crippen molar-refractivity contribution in [3.63, 3.8) is 0 Å². The highest BCUT2D eigenvalue weighted by Gasteiger charge is 2.52. The summed E-state index contributed by atoms with van der Waals surface area (Å²) in [7, 11) is -0.495. The molecule has 1 aromatic heterocycles. The molecule has 0 aliphatic carbocycles. The molecule has 104 valence electrons. The van der Waals surface area contributed by atoms with E-state index in [-0.39, 0.29) is 5.82 Å². The molecule has 0 N–H and O–H groups in total. The number of aromatic nitrogens is 1. The van der Waals surface area contributed by atoms with Crippen molar-refractivity contribution in [1.82, 2.24) is 4.98 Å². The first-order valence-electron chi connectivity index (χ1n) is 6.70. The van der Waals surface area contributed by atoms with Gasteiger partial charge < -0.3 is 9.31 Å². The van der Waals surface area contributed by atoms with Crippen molar-refractivity contribution in [3.8, 4) is 0 Å². The van der Waals surface area contributed by atoms with E-state index in [1.54, 1.807) is 18.3 Å². The molecule has 1 saturated heterocycles. The lowest BCUT2D eigenvalue weighted by molar-refractivity contribution is 0.00578. The van der Waals surface area contributed by atoms with Crippen molar-refractivity contribution in [3.05, 3.63) is 36.4 Å². The Hall–Kier alpha value is -1.46. The highest BCUT2D eigenvalue weighted by Crippen LogP contribution is 2.37. The van der Waals surface area contributed by atoms with E-state index < -0.39 is 18.3 Å². The Morgan fingerprint density at radius 1 is 1.00 bits per heavy atom. The van der Waals surface area contributed by atoms with Gasteiger partial charge in [0, 0.05) is 17.8 Å². The minimum atomic E-state index is -0.495. The summed E-state index contributed by atoms with van der Waals surface area (Å²) in [6.07, 6.45) is 3.18. The number of nitrogens with zero attached hydrogens (tertiary/aromatic N) is 1. The zero-order valence-corrected chi connectivity index (χ0v) is 12.1. The van der Waals surface area contributed by atoms with Gasteiger partial charge in [-0.3, -0.25) is 4.98 Å². The van der Waals surface area contributed by atoms with E-state index in [2.05, 4.69) is 4.98 Å². The predicted molar refractivity (Wildman–Crippen MR) is 77.4 cm³/mol. The van der Waals surface area contributed by atoms with Gasteiger partial charge in [-0.2, -0.15) is 0 Å². The number of fused-ring (bicyclic) bond motifs is 1. The first-order valence-corrected chi connectivity index (χ1v) is 6.70. The van der Waals surface area contributed by atoms with Crippen LogP contribution < -0.4 is 5.46 Å². The van der Waals surface area contributed by atoms with Crippen LogP contribution in [0.4, 0.5) is 4.39 Å². The first-order chi connectivity index (χ1) is 9.32. The SMILES string of the molecule is CC1(C)OB(c2ccc(F)c3cnccc23)OC1(C)C. The van der Waals surface area contributed by atoms with Gasteiger partial charge in [0.25, 0.3) is 0 Å². The average Bonchev–Trinajstić information content (AvgIpc) is 2.59. The van der Waals surface area contributed by atoms with Crippen molar-refractivity contribution in [1.29, 1.82) is 0 Å². The van der Waals surface area contributed by atoms with Gasteiger partial charge in [0.05, 0.1) is 11.2 Å². The minimum Gasteiger partial charge on any atom is -0.399 e. The minimum absolute atomic E-state index is 0.284. The van der Waals surface area contributed by atoms with E-state index in [1.165, 1.54) is 12.3 Å². The Morgan fingerprint density at radius 2 is 1.65 bits per heavy atom. The summed E-state index contributed by atoms with van der Waals surface area (Å²) in [4.78, 5) is 3.98. The van der Waals surface area contributed by atoms with E-state index in [1.807, 2.05) is 27.7 Å². The number of pyridine rings is 1. The van der Waals surface area contributed by atoms with Crippen LogP contribution in [0.1, 0.15) is 27.7 Å². The van der Waals surface area contributed by atoms with Gasteiger partial charge in [-0.05, 0) is 50.7 Å². The highest BCUT2D eigenvalue weighted by molar-refractivity contribution is 6.65. The zero-order chi connectivity index (χ0) is 14.5. The Bertz CT molecular complexity index is 656. The summed E-state index contributed by atoms with van der Waals surface area (Å²) in [5, 5.41) is 1.26. The summed E-state index contributed by atoms with van der Waals surface area (Å²) < 4.78 is 25.9. The van der Waals surface area contributed by atoms with Crippen LogP contribution in [0.25, 0.3) is 10.8 Å². The molecule has 0 amide bonds. The van der Waals surface area contributed by atoms with Crippen LogP contribution in [0.2, 0.25) is 0 Å². The van der Waals surface area contributed by atoms with Crippen molar-refractivity contribution in [2.45, 2.75) is 38.9 Å². The van der Waals surface area contributed by atoms with Crippen LogP contribution in [-0.2, 0) is 9.31 Å². The van der Waals surface area contributed by atoms with Gasteiger partial charge in [0.1, 0.15) is 5.82 Å². The maximum atomic E-state index is 13.8. The molecule has 1 aromatic carbocycles. The fourth-order valence-electron chi connectivity index (χ4n) is 2.35. The van der Waals surface area contributed by atoms with Crippen molar-refractivity contribution in [2.75, 3.05) is 0 Å². The quantitative estimate of drug-likeness (QED) is 0.748. The Kier molecular flexibility index (Phi) is 2.89. The molecule has 0 bridgehead atoms. The Balaban J connectivity index is 2.11. The molecule has 2 heterocycles. The molecule has 1 aliphatic rings. The lowest BCUT2D eigenvalue weighted by Crippen LogP contribution is -2.41. The lowest BCUT2D eigenvalue weighted by atomic mass is 9.76. The fourth-order valence-corrected chi connectivity index (χ4v) is 2.35. The number of benzene rings is 1. The van der Waals surface area contributed by atoms with Gasteiger partial charge >= 0.3 is 7.12 Å². The molecule has 2 aromatic rings. The average molecular weight is 273 g/mol. The summed E-state index contributed by atoms with van der Waals surface area (Å²) in [5.74, 6) is -0.284. The molecule has 3 rings (SSSR count). The van der Waals surface area contributed by atoms with E-state index in [4.69, 9.17) is 9.31 Å². The predicted octanol–water partition coefficient (Wildman–Crippen LogP) is 2.67. The van der Waals surface area contributed by atoms with Crippen molar-refractivity contribution in [2.24, 2.45) is 0 Å². The maximum absolute atomic E-state index is 13.8. The summed E-state index contributed by atoms with van der Waals surface area (Å²) in [5.41, 5.74) is 0.0130. The maximum Gasteiger partial charge on any atom is 0.495 e. The molecule has 5 heteroatoms. The molecule has 0 radical (unpaired) electrons. The molecule has 1 fully saturated rings. The Morgan fingerprint density at radius 3 is 2.30 bits per heavy atom. The van der Waals surface area contributed by atoms with E-state index in [0.29, 0.717) is 5.39 Å². The number of hydrogen-bond acceptors (Lipinski definition) is 3. The lowest BCUT2D eigenvalue weighted by Gasteiger charge is -2.32. The fraction of sp³-hybridized carbons (Fsp3) is 0.400. The van der Waals surface area contributed by atoms with Crippen LogP contribution in [0.5, 0.6) is 0 Å². The molecular formula is C15H17BFNO2. The van der Waals surface area contributed by atoms with E-state index in [9.17, 15) is 4.39 Å². The summed E-state index contributed by atoms with van der Waals surface area (Å²) in [6, 6.07) is 4.95. The number of halogens is 1. The van der Waals surface area contributed by atoms with E-state index in [0.717, 1.165) is 10.8 Å². The second-order valence-corrected chi connectivity index (χ2v) is 6.15. The second kappa shape index (κ2) is 4.27. The third-order valence-electron chi connectivity index (χ3n) is 4.31. The van der Waals surface area contributed by atoms with Crippen LogP contribution in [0.15, 0.2) is 30.6 Å². The largest absolute Gasteiger partial charge is 0.495 e. The highest BCUT2D eigenvalue weighted by atomic mass is 19.1. The molecule has 0 unspecified atom stereocenters. The summed E-state index contributed by atoms with van der Waals surface area (Å²) >= 11 is 0.